The molecule has 0 aliphatic carbocycles. The molecular weight excluding hydrogens is 322 g/mol. The fourth-order valence-electron chi connectivity index (χ4n) is 3.21. The summed E-state index contributed by atoms with van der Waals surface area (Å²) in [6.45, 7) is 4.50. The Morgan fingerprint density at radius 2 is 2.12 bits per heavy atom. The number of hydrogen-bond acceptors (Lipinski definition) is 5. The van der Waals surface area contributed by atoms with Gasteiger partial charge in [0.05, 0.1) is 24.5 Å². The van der Waals surface area contributed by atoms with E-state index in [1.54, 1.807) is 18.0 Å². The van der Waals surface area contributed by atoms with Crippen LogP contribution in [0.4, 0.5) is 0 Å². The minimum absolute atomic E-state index is 0.00815. The largest absolute Gasteiger partial charge is 0.476 e. The monoisotopic (exact) mass is 345 g/mol. The Hall–Kier alpha value is -2.22. The Morgan fingerprint density at radius 1 is 1.36 bits per heavy atom. The quantitative estimate of drug-likeness (QED) is 0.860. The van der Waals surface area contributed by atoms with Gasteiger partial charge in [-0.3, -0.25) is 4.90 Å². The highest BCUT2D eigenvalue weighted by Gasteiger charge is 2.27. The number of carboxylic acids is 1. The number of rotatable bonds is 6. The molecule has 3 rings (SSSR count). The summed E-state index contributed by atoms with van der Waals surface area (Å²) in [5.74, 6) is -1.01. The van der Waals surface area contributed by atoms with Crippen LogP contribution in [0.15, 0.2) is 36.5 Å². The van der Waals surface area contributed by atoms with Gasteiger partial charge in [-0.05, 0) is 19.1 Å². The summed E-state index contributed by atoms with van der Waals surface area (Å²) in [6, 6.07) is 9.50. The number of carboxylic acid groups (broad SMARTS) is 1. The van der Waals surface area contributed by atoms with Crippen LogP contribution in [0, 0.1) is 0 Å². The number of benzene rings is 1. The molecule has 2 unspecified atom stereocenters. The molecule has 0 radical (unpaired) electrons. The van der Waals surface area contributed by atoms with Gasteiger partial charge in [-0.25, -0.2) is 9.48 Å². The minimum Gasteiger partial charge on any atom is -0.476 e. The van der Waals surface area contributed by atoms with Gasteiger partial charge in [0, 0.05) is 38.5 Å². The molecule has 2 aromatic rings. The van der Waals surface area contributed by atoms with Crippen molar-refractivity contribution in [1.82, 2.24) is 14.7 Å². The van der Waals surface area contributed by atoms with E-state index in [0.29, 0.717) is 25.3 Å². The number of ether oxygens (including phenoxy) is 2. The van der Waals surface area contributed by atoms with E-state index < -0.39 is 5.97 Å². The third-order valence-electron chi connectivity index (χ3n) is 4.16. The molecule has 1 saturated heterocycles. The van der Waals surface area contributed by atoms with Crippen molar-refractivity contribution >= 4 is 5.97 Å². The van der Waals surface area contributed by atoms with Crippen LogP contribution >= 0.6 is 0 Å². The highest BCUT2D eigenvalue weighted by molar-refractivity contribution is 5.87. The van der Waals surface area contributed by atoms with Gasteiger partial charge in [-0.1, -0.05) is 18.2 Å². The molecule has 1 aliphatic heterocycles. The number of aromatic nitrogens is 2. The Morgan fingerprint density at radius 3 is 2.80 bits per heavy atom. The average Bonchev–Trinajstić information content (AvgIpc) is 2.99. The summed E-state index contributed by atoms with van der Waals surface area (Å²) in [4.78, 5) is 13.8. The van der Waals surface area contributed by atoms with E-state index in [4.69, 9.17) is 9.47 Å². The lowest BCUT2D eigenvalue weighted by Gasteiger charge is -2.36. The summed E-state index contributed by atoms with van der Waals surface area (Å²) >= 11 is 0. The zero-order valence-electron chi connectivity index (χ0n) is 14.5. The van der Waals surface area contributed by atoms with E-state index in [9.17, 15) is 9.90 Å². The third-order valence-corrected chi connectivity index (χ3v) is 4.16. The molecule has 1 aliphatic rings. The summed E-state index contributed by atoms with van der Waals surface area (Å²) in [7, 11) is 1.65. The molecular formula is C18H23N3O4. The van der Waals surface area contributed by atoms with Gasteiger partial charge in [0.15, 0.2) is 5.69 Å². The van der Waals surface area contributed by atoms with E-state index >= 15 is 0 Å². The summed E-state index contributed by atoms with van der Waals surface area (Å²) in [5.41, 5.74) is 1.62. The number of aromatic carboxylic acids is 1. The second-order valence-corrected chi connectivity index (χ2v) is 6.31. The van der Waals surface area contributed by atoms with Crippen LogP contribution in [0.2, 0.25) is 0 Å². The van der Waals surface area contributed by atoms with Crippen LogP contribution in [-0.4, -0.2) is 64.8 Å². The SMILES string of the molecule is COCC1CN(Cc2cn(-c3ccccc3)nc2C(=O)O)CC(C)O1. The van der Waals surface area contributed by atoms with Crippen LogP contribution in [0.25, 0.3) is 5.69 Å². The Bertz CT molecular complexity index is 716. The van der Waals surface area contributed by atoms with E-state index in [1.807, 2.05) is 37.3 Å². The molecule has 1 aromatic heterocycles. The maximum Gasteiger partial charge on any atom is 0.356 e. The van der Waals surface area contributed by atoms with Crippen molar-refractivity contribution in [2.24, 2.45) is 0 Å². The van der Waals surface area contributed by atoms with Crippen LogP contribution < -0.4 is 0 Å². The van der Waals surface area contributed by atoms with Crippen molar-refractivity contribution in [2.45, 2.75) is 25.7 Å². The smallest absolute Gasteiger partial charge is 0.356 e. The number of para-hydroxylation sites is 1. The van der Waals surface area contributed by atoms with E-state index in [-0.39, 0.29) is 17.9 Å². The van der Waals surface area contributed by atoms with Crippen molar-refractivity contribution < 1.29 is 19.4 Å². The van der Waals surface area contributed by atoms with Gasteiger partial charge in [0.2, 0.25) is 0 Å². The highest BCUT2D eigenvalue weighted by Crippen LogP contribution is 2.18. The van der Waals surface area contributed by atoms with Crippen LogP contribution in [0.3, 0.4) is 0 Å². The minimum atomic E-state index is -1.01. The van der Waals surface area contributed by atoms with E-state index in [0.717, 1.165) is 12.2 Å². The van der Waals surface area contributed by atoms with Gasteiger partial charge < -0.3 is 14.6 Å². The second kappa shape index (κ2) is 7.77. The number of nitrogens with zero attached hydrogens (tertiary/aromatic N) is 3. The van der Waals surface area contributed by atoms with Crippen molar-refractivity contribution in [3.63, 3.8) is 0 Å². The summed E-state index contributed by atoms with van der Waals surface area (Å²) < 4.78 is 12.7. The lowest BCUT2D eigenvalue weighted by Crippen LogP contribution is -2.47. The van der Waals surface area contributed by atoms with Gasteiger partial charge in [0.25, 0.3) is 0 Å². The number of carbonyl (C=O) groups is 1. The molecule has 0 spiro atoms. The molecule has 7 heteroatoms. The maximum atomic E-state index is 11.6. The number of methoxy groups -OCH3 is 1. The molecule has 2 heterocycles. The zero-order chi connectivity index (χ0) is 17.8. The number of morpholine rings is 1. The average molecular weight is 345 g/mol. The Balaban J connectivity index is 1.81. The first-order valence-electron chi connectivity index (χ1n) is 8.31. The lowest BCUT2D eigenvalue weighted by molar-refractivity contribution is -0.103. The van der Waals surface area contributed by atoms with Crippen LogP contribution in [-0.2, 0) is 16.0 Å². The molecule has 1 aromatic carbocycles. The van der Waals surface area contributed by atoms with Crippen molar-refractivity contribution in [3.8, 4) is 5.69 Å². The molecule has 2 atom stereocenters. The predicted octanol–water partition coefficient (Wildman–Crippen LogP) is 1.81. The molecule has 1 fully saturated rings. The molecule has 1 N–H and O–H groups in total. The summed E-state index contributed by atoms with van der Waals surface area (Å²) in [5, 5.41) is 13.8. The first-order valence-corrected chi connectivity index (χ1v) is 8.31. The van der Waals surface area contributed by atoms with Gasteiger partial charge >= 0.3 is 5.97 Å². The summed E-state index contributed by atoms with van der Waals surface area (Å²) in [6.07, 6.45) is 1.86. The van der Waals surface area contributed by atoms with Crippen molar-refractivity contribution in [3.05, 3.63) is 47.8 Å². The van der Waals surface area contributed by atoms with Crippen molar-refractivity contribution in [2.75, 3.05) is 26.8 Å². The topological polar surface area (TPSA) is 76.8 Å². The highest BCUT2D eigenvalue weighted by atomic mass is 16.5. The van der Waals surface area contributed by atoms with Crippen LogP contribution in [0.5, 0.6) is 0 Å². The Labute approximate surface area is 146 Å². The van der Waals surface area contributed by atoms with E-state index in [1.165, 1.54) is 0 Å². The fraction of sp³-hybridized carbons (Fsp3) is 0.444. The number of hydrogen-bond donors (Lipinski definition) is 1. The second-order valence-electron chi connectivity index (χ2n) is 6.31. The van der Waals surface area contributed by atoms with Gasteiger partial charge in [-0.2, -0.15) is 5.10 Å². The normalized spacial score (nSPS) is 21.4. The molecule has 25 heavy (non-hydrogen) atoms. The third kappa shape index (κ3) is 4.25. The predicted molar refractivity (Wildman–Crippen MR) is 92.0 cm³/mol. The zero-order valence-corrected chi connectivity index (χ0v) is 14.5. The lowest BCUT2D eigenvalue weighted by atomic mass is 10.1. The van der Waals surface area contributed by atoms with Crippen LogP contribution in [0.1, 0.15) is 23.0 Å². The molecule has 0 amide bonds. The van der Waals surface area contributed by atoms with Crippen molar-refractivity contribution in [1.29, 1.82) is 0 Å². The standard InChI is InChI=1S/C18H23N3O4/c1-13-8-20(11-16(25-13)12-24-2)9-14-10-21(19-17(14)18(22)23)15-6-4-3-5-7-15/h3-7,10,13,16H,8-9,11-12H2,1-2H3,(H,22,23). The first-order chi connectivity index (χ1) is 12.1. The molecule has 134 valence electrons. The Kier molecular flexibility index (Phi) is 5.47. The van der Waals surface area contributed by atoms with Gasteiger partial charge in [0.1, 0.15) is 0 Å². The molecule has 7 nitrogen and oxygen atoms in total. The maximum absolute atomic E-state index is 11.6. The molecule has 0 bridgehead atoms. The first kappa shape index (κ1) is 17.6. The fourth-order valence-corrected chi connectivity index (χ4v) is 3.21. The van der Waals surface area contributed by atoms with Gasteiger partial charge in [-0.15, -0.1) is 0 Å². The van der Waals surface area contributed by atoms with E-state index in [2.05, 4.69) is 10.00 Å². The molecule has 0 saturated carbocycles.